The van der Waals surface area contributed by atoms with Gasteiger partial charge in [0.05, 0.1) is 32.5 Å². The van der Waals surface area contributed by atoms with Crippen LogP contribution >= 0.6 is 46.4 Å². The van der Waals surface area contributed by atoms with Gasteiger partial charge in [-0.15, -0.1) is 0 Å². The molecular formula is C25H20Cl4N4O2. The van der Waals surface area contributed by atoms with Crippen LogP contribution in [0.4, 0.5) is 11.4 Å². The summed E-state index contributed by atoms with van der Waals surface area (Å²) in [6, 6.07) is 13.2. The first kappa shape index (κ1) is 25.3. The van der Waals surface area contributed by atoms with Crippen molar-refractivity contribution >= 4 is 74.7 Å². The van der Waals surface area contributed by atoms with Crippen molar-refractivity contribution in [2.24, 2.45) is 0 Å². The highest BCUT2D eigenvalue weighted by Crippen LogP contribution is 2.30. The van der Waals surface area contributed by atoms with E-state index in [1.807, 2.05) is 37.9 Å². The van der Waals surface area contributed by atoms with Gasteiger partial charge in [-0.05, 0) is 67.9 Å². The molecule has 1 N–H and O–H groups in total. The number of anilines is 2. The molecule has 3 aromatic carbocycles. The standard InChI is InChI=1S/C25H20Cl4N4O2/c1-4-32(3)16-9-13(2)22-21(12-16)33(20-8-6-15(27)11-18(20)29)25(35)23(31-22)24(34)30-19-7-5-14(26)10-17(19)28/h5-12H,4H2,1-3H3,(H,30,34). The number of benzene rings is 3. The first-order chi connectivity index (χ1) is 16.6. The van der Waals surface area contributed by atoms with Gasteiger partial charge < -0.3 is 10.2 Å². The number of carbonyl (C=O) groups excluding carboxylic acids is 1. The molecule has 10 heteroatoms. The third kappa shape index (κ3) is 4.98. The second-order valence-electron chi connectivity index (χ2n) is 7.92. The number of aromatic nitrogens is 2. The maximum absolute atomic E-state index is 13.7. The highest BCUT2D eigenvalue weighted by Gasteiger charge is 2.22. The molecule has 0 atom stereocenters. The first-order valence-electron chi connectivity index (χ1n) is 10.6. The number of rotatable bonds is 5. The molecule has 0 aliphatic heterocycles. The molecule has 180 valence electrons. The van der Waals surface area contributed by atoms with E-state index in [-0.39, 0.29) is 15.7 Å². The molecular weight excluding hydrogens is 530 g/mol. The Morgan fingerprint density at radius 3 is 2.29 bits per heavy atom. The van der Waals surface area contributed by atoms with Crippen molar-refractivity contribution in [1.29, 1.82) is 0 Å². The number of aryl methyl sites for hydroxylation is 1. The summed E-state index contributed by atoms with van der Waals surface area (Å²) in [5.74, 6) is -0.714. The molecule has 0 aliphatic carbocycles. The van der Waals surface area contributed by atoms with Crippen LogP contribution in [0.1, 0.15) is 23.0 Å². The normalized spacial score (nSPS) is 11.1. The summed E-state index contributed by atoms with van der Waals surface area (Å²) in [6.07, 6.45) is 0. The van der Waals surface area contributed by atoms with Gasteiger partial charge in [-0.25, -0.2) is 4.98 Å². The molecule has 1 amide bonds. The number of hydrogen-bond donors (Lipinski definition) is 1. The predicted molar refractivity (Wildman–Crippen MR) is 145 cm³/mol. The van der Waals surface area contributed by atoms with Gasteiger partial charge in [0.1, 0.15) is 0 Å². The summed E-state index contributed by atoms with van der Waals surface area (Å²) in [4.78, 5) is 33.5. The van der Waals surface area contributed by atoms with Gasteiger partial charge in [0.15, 0.2) is 5.69 Å². The van der Waals surface area contributed by atoms with E-state index >= 15 is 0 Å². The van der Waals surface area contributed by atoms with Crippen LogP contribution in [-0.2, 0) is 0 Å². The molecule has 4 rings (SSSR count). The molecule has 35 heavy (non-hydrogen) atoms. The van der Waals surface area contributed by atoms with Gasteiger partial charge in [-0.1, -0.05) is 46.4 Å². The molecule has 0 spiro atoms. The third-order valence-corrected chi connectivity index (χ3v) is 6.68. The zero-order valence-corrected chi connectivity index (χ0v) is 22.0. The Labute approximate surface area is 222 Å². The summed E-state index contributed by atoms with van der Waals surface area (Å²) in [5, 5.41) is 3.98. The van der Waals surface area contributed by atoms with Crippen molar-refractivity contribution < 1.29 is 4.79 Å². The minimum atomic E-state index is -0.714. The molecule has 0 saturated heterocycles. The van der Waals surface area contributed by atoms with Gasteiger partial charge in [0, 0.05) is 29.3 Å². The number of halogens is 4. The molecule has 0 aliphatic rings. The minimum Gasteiger partial charge on any atom is -0.375 e. The molecule has 6 nitrogen and oxygen atoms in total. The van der Waals surface area contributed by atoms with Crippen LogP contribution in [0.5, 0.6) is 0 Å². The van der Waals surface area contributed by atoms with Gasteiger partial charge in [0.25, 0.3) is 11.5 Å². The molecule has 0 unspecified atom stereocenters. The molecule has 0 saturated carbocycles. The lowest BCUT2D eigenvalue weighted by atomic mass is 10.1. The van der Waals surface area contributed by atoms with E-state index in [1.54, 1.807) is 30.3 Å². The largest absolute Gasteiger partial charge is 0.375 e. The quantitative estimate of drug-likeness (QED) is 0.290. The topological polar surface area (TPSA) is 67.2 Å². The van der Waals surface area contributed by atoms with Crippen LogP contribution in [0.2, 0.25) is 20.1 Å². The van der Waals surface area contributed by atoms with Gasteiger partial charge in [0.2, 0.25) is 0 Å². The Kier molecular flexibility index (Phi) is 7.29. The zero-order valence-electron chi connectivity index (χ0n) is 19.0. The molecule has 0 bridgehead atoms. The second kappa shape index (κ2) is 10.1. The van der Waals surface area contributed by atoms with E-state index < -0.39 is 11.5 Å². The smallest absolute Gasteiger partial charge is 0.287 e. The van der Waals surface area contributed by atoms with E-state index in [0.717, 1.165) is 17.8 Å². The van der Waals surface area contributed by atoms with Crippen LogP contribution in [-0.4, -0.2) is 29.1 Å². The van der Waals surface area contributed by atoms with Crippen LogP contribution < -0.4 is 15.8 Å². The van der Waals surface area contributed by atoms with E-state index in [9.17, 15) is 9.59 Å². The lowest BCUT2D eigenvalue weighted by Crippen LogP contribution is -2.31. The Morgan fingerprint density at radius 2 is 1.66 bits per heavy atom. The maximum atomic E-state index is 13.7. The van der Waals surface area contributed by atoms with Crippen LogP contribution in [0.3, 0.4) is 0 Å². The first-order valence-corrected chi connectivity index (χ1v) is 12.1. The molecule has 0 fully saturated rings. The fraction of sp³-hybridized carbons (Fsp3) is 0.160. The number of nitrogens with one attached hydrogen (secondary N) is 1. The van der Waals surface area contributed by atoms with E-state index in [1.165, 1.54) is 10.6 Å². The van der Waals surface area contributed by atoms with Crippen molar-refractivity contribution in [2.75, 3.05) is 23.8 Å². The predicted octanol–water partition coefficient (Wildman–Crippen LogP) is 7.02. The van der Waals surface area contributed by atoms with Crippen LogP contribution in [0.15, 0.2) is 53.3 Å². The Balaban J connectivity index is 1.99. The van der Waals surface area contributed by atoms with E-state index in [4.69, 9.17) is 46.4 Å². The van der Waals surface area contributed by atoms with Crippen LogP contribution in [0, 0.1) is 6.92 Å². The van der Waals surface area contributed by atoms with Crippen molar-refractivity contribution in [3.8, 4) is 5.69 Å². The zero-order chi connectivity index (χ0) is 25.4. The molecule has 1 heterocycles. The highest BCUT2D eigenvalue weighted by molar-refractivity contribution is 6.37. The van der Waals surface area contributed by atoms with Gasteiger partial charge >= 0.3 is 0 Å². The van der Waals surface area contributed by atoms with E-state index in [0.29, 0.717) is 32.5 Å². The Bertz CT molecular complexity index is 1530. The van der Waals surface area contributed by atoms with Gasteiger partial charge in [-0.2, -0.15) is 0 Å². The number of nitrogens with zero attached hydrogens (tertiary/aromatic N) is 3. The summed E-state index contributed by atoms with van der Waals surface area (Å²) in [7, 11) is 1.95. The number of amides is 1. The SMILES string of the molecule is CCN(C)c1cc(C)c2nc(C(=O)Nc3ccc(Cl)cc3Cl)c(=O)n(-c3ccc(Cl)cc3Cl)c2c1. The van der Waals surface area contributed by atoms with E-state index in [2.05, 4.69) is 10.3 Å². The maximum Gasteiger partial charge on any atom is 0.287 e. The minimum absolute atomic E-state index is 0.233. The lowest BCUT2D eigenvalue weighted by Gasteiger charge is -2.21. The summed E-state index contributed by atoms with van der Waals surface area (Å²) in [5.41, 5.74) is 2.40. The monoisotopic (exact) mass is 548 g/mol. The average molecular weight is 550 g/mol. The molecule has 4 aromatic rings. The fourth-order valence-corrected chi connectivity index (χ4v) is 4.61. The van der Waals surface area contributed by atoms with Crippen molar-refractivity contribution in [2.45, 2.75) is 13.8 Å². The number of fused-ring (bicyclic) bond motifs is 1. The lowest BCUT2D eigenvalue weighted by molar-refractivity contribution is 0.102. The Hall–Kier alpha value is -2.77. The average Bonchev–Trinajstić information content (AvgIpc) is 2.80. The molecule has 0 radical (unpaired) electrons. The summed E-state index contributed by atoms with van der Waals surface area (Å²) >= 11 is 24.7. The highest BCUT2D eigenvalue weighted by atomic mass is 35.5. The van der Waals surface area contributed by atoms with Crippen molar-refractivity contribution in [3.63, 3.8) is 0 Å². The third-order valence-electron chi connectivity index (χ3n) is 5.60. The molecule has 1 aromatic heterocycles. The number of hydrogen-bond acceptors (Lipinski definition) is 4. The Morgan fingerprint density at radius 1 is 1.00 bits per heavy atom. The van der Waals surface area contributed by atoms with Crippen molar-refractivity contribution in [1.82, 2.24) is 9.55 Å². The summed E-state index contributed by atoms with van der Waals surface area (Å²) in [6.45, 7) is 4.65. The van der Waals surface area contributed by atoms with Gasteiger partial charge in [-0.3, -0.25) is 14.2 Å². The van der Waals surface area contributed by atoms with Crippen LogP contribution in [0.25, 0.3) is 16.7 Å². The van der Waals surface area contributed by atoms with Crippen molar-refractivity contribution in [3.05, 3.63) is 90.2 Å². The second-order valence-corrected chi connectivity index (χ2v) is 9.61. The number of carbonyl (C=O) groups is 1. The fourth-order valence-electron chi connectivity index (χ4n) is 3.66. The summed E-state index contributed by atoms with van der Waals surface area (Å²) < 4.78 is 1.39.